The van der Waals surface area contributed by atoms with Gasteiger partial charge >= 0.3 is 5.97 Å². The molecule has 0 saturated heterocycles. The summed E-state index contributed by atoms with van der Waals surface area (Å²) >= 11 is 0. The molecule has 0 aromatic carbocycles. The van der Waals surface area contributed by atoms with Crippen molar-refractivity contribution in [3.8, 4) is 0 Å². The molecule has 1 aromatic rings. The first-order valence-electron chi connectivity index (χ1n) is 8.83. The summed E-state index contributed by atoms with van der Waals surface area (Å²) in [7, 11) is 0. The van der Waals surface area contributed by atoms with Gasteiger partial charge in [-0.1, -0.05) is 6.42 Å². The molecule has 130 valence electrons. The molecule has 1 heterocycles. The Kier molecular flexibility index (Phi) is 5.02. The van der Waals surface area contributed by atoms with Crippen LogP contribution in [0.3, 0.4) is 0 Å². The van der Waals surface area contributed by atoms with Gasteiger partial charge in [-0.3, -0.25) is 14.4 Å². The maximum Gasteiger partial charge on any atom is 0.306 e. The van der Waals surface area contributed by atoms with Crippen molar-refractivity contribution < 1.29 is 14.7 Å². The van der Waals surface area contributed by atoms with Crippen LogP contribution in [0, 0.1) is 5.92 Å². The standard InChI is InChI=1S/C18H24N2O4/c21-16(19-13-8-6-11(7-9-13)18(23)24)14-10-12-4-2-1-3-5-15(12)20-17(14)22/h10-11,13H,1-9H2,(H,19,21)(H,20,22)(H,23,24). The molecular weight excluding hydrogens is 308 g/mol. The minimum atomic E-state index is -0.762. The quantitative estimate of drug-likeness (QED) is 0.737. The number of pyridine rings is 1. The number of H-pyrrole nitrogens is 1. The predicted octanol–water partition coefficient (Wildman–Crippen LogP) is 2.02. The summed E-state index contributed by atoms with van der Waals surface area (Å²) in [6.07, 6.45) is 7.49. The predicted molar refractivity (Wildman–Crippen MR) is 89.2 cm³/mol. The van der Waals surface area contributed by atoms with Crippen molar-refractivity contribution in [3.05, 3.63) is 33.2 Å². The molecule has 1 saturated carbocycles. The highest BCUT2D eigenvalue weighted by Gasteiger charge is 2.27. The monoisotopic (exact) mass is 332 g/mol. The van der Waals surface area contributed by atoms with E-state index < -0.39 is 5.97 Å². The number of nitrogens with one attached hydrogen (secondary N) is 2. The van der Waals surface area contributed by atoms with Crippen LogP contribution in [-0.4, -0.2) is 28.0 Å². The number of carboxylic acids is 1. The highest BCUT2D eigenvalue weighted by molar-refractivity contribution is 5.94. The van der Waals surface area contributed by atoms with E-state index in [1.54, 1.807) is 6.07 Å². The molecule has 2 aliphatic rings. The Labute approximate surface area is 140 Å². The van der Waals surface area contributed by atoms with Crippen LogP contribution in [0.5, 0.6) is 0 Å². The lowest BCUT2D eigenvalue weighted by molar-refractivity contribution is -0.142. The maximum absolute atomic E-state index is 12.5. The van der Waals surface area contributed by atoms with Crippen molar-refractivity contribution in [1.29, 1.82) is 0 Å². The normalized spacial score (nSPS) is 23.8. The lowest BCUT2D eigenvalue weighted by Gasteiger charge is -2.26. The van der Waals surface area contributed by atoms with Gasteiger partial charge in [0.2, 0.25) is 0 Å². The fraction of sp³-hybridized carbons (Fsp3) is 0.611. The van der Waals surface area contributed by atoms with E-state index in [1.165, 1.54) is 0 Å². The van der Waals surface area contributed by atoms with Gasteiger partial charge < -0.3 is 15.4 Å². The molecule has 0 unspecified atom stereocenters. The first-order chi connectivity index (χ1) is 11.5. The number of aryl methyl sites for hydroxylation is 2. The van der Waals surface area contributed by atoms with Crippen molar-refractivity contribution >= 4 is 11.9 Å². The third kappa shape index (κ3) is 3.68. The van der Waals surface area contributed by atoms with E-state index >= 15 is 0 Å². The first kappa shape index (κ1) is 16.7. The topological polar surface area (TPSA) is 99.3 Å². The first-order valence-corrected chi connectivity index (χ1v) is 8.83. The van der Waals surface area contributed by atoms with Crippen LogP contribution >= 0.6 is 0 Å². The molecule has 0 spiro atoms. The fourth-order valence-corrected chi connectivity index (χ4v) is 3.77. The Balaban J connectivity index is 1.68. The second-order valence-corrected chi connectivity index (χ2v) is 6.94. The highest BCUT2D eigenvalue weighted by Crippen LogP contribution is 2.24. The molecule has 0 bridgehead atoms. The molecule has 24 heavy (non-hydrogen) atoms. The molecule has 0 aliphatic heterocycles. The summed E-state index contributed by atoms with van der Waals surface area (Å²) in [5.41, 5.74) is 1.89. The van der Waals surface area contributed by atoms with Gasteiger partial charge in [-0.2, -0.15) is 0 Å². The Hall–Kier alpha value is -2.11. The molecule has 3 rings (SSSR count). The van der Waals surface area contributed by atoms with E-state index in [1.807, 2.05) is 0 Å². The van der Waals surface area contributed by atoms with Gasteiger partial charge in [0.1, 0.15) is 5.56 Å². The number of aromatic amines is 1. The SMILES string of the molecule is O=C(NC1CCC(C(=O)O)CC1)c1cc2c([nH]c1=O)CCCCC2. The number of hydrogen-bond acceptors (Lipinski definition) is 3. The third-order valence-corrected chi connectivity index (χ3v) is 5.24. The Morgan fingerprint density at radius 3 is 2.50 bits per heavy atom. The second kappa shape index (κ2) is 7.20. The maximum atomic E-state index is 12.5. The van der Waals surface area contributed by atoms with Crippen LogP contribution in [-0.2, 0) is 17.6 Å². The van der Waals surface area contributed by atoms with Crippen LogP contribution in [0.4, 0.5) is 0 Å². The van der Waals surface area contributed by atoms with Gasteiger partial charge in [-0.05, 0) is 63.0 Å². The van der Waals surface area contributed by atoms with Gasteiger partial charge in [-0.15, -0.1) is 0 Å². The lowest BCUT2D eigenvalue weighted by atomic mass is 9.86. The minimum absolute atomic E-state index is 0.0497. The molecule has 1 aromatic heterocycles. The van der Waals surface area contributed by atoms with Crippen LogP contribution < -0.4 is 10.9 Å². The van der Waals surface area contributed by atoms with E-state index in [0.29, 0.717) is 25.7 Å². The third-order valence-electron chi connectivity index (χ3n) is 5.24. The molecule has 2 aliphatic carbocycles. The van der Waals surface area contributed by atoms with Crippen molar-refractivity contribution in [2.45, 2.75) is 63.8 Å². The number of aromatic nitrogens is 1. The Morgan fingerprint density at radius 2 is 1.79 bits per heavy atom. The summed E-state index contributed by atoms with van der Waals surface area (Å²) in [5, 5.41) is 11.9. The van der Waals surface area contributed by atoms with E-state index in [0.717, 1.165) is 43.4 Å². The van der Waals surface area contributed by atoms with Crippen LogP contribution in [0.15, 0.2) is 10.9 Å². The highest BCUT2D eigenvalue weighted by atomic mass is 16.4. The molecule has 6 nitrogen and oxygen atoms in total. The van der Waals surface area contributed by atoms with E-state index in [4.69, 9.17) is 5.11 Å². The zero-order chi connectivity index (χ0) is 17.1. The van der Waals surface area contributed by atoms with Crippen molar-refractivity contribution in [1.82, 2.24) is 10.3 Å². The van der Waals surface area contributed by atoms with Crippen molar-refractivity contribution in [2.24, 2.45) is 5.92 Å². The molecule has 6 heteroatoms. The van der Waals surface area contributed by atoms with Crippen molar-refractivity contribution in [2.75, 3.05) is 0 Å². The van der Waals surface area contributed by atoms with Crippen LogP contribution in [0.1, 0.15) is 66.6 Å². The van der Waals surface area contributed by atoms with Gasteiger partial charge in [0.15, 0.2) is 0 Å². The van der Waals surface area contributed by atoms with Gasteiger partial charge in [0.25, 0.3) is 11.5 Å². The zero-order valence-corrected chi connectivity index (χ0v) is 13.8. The number of rotatable bonds is 3. The van der Waals surface area contributed by atoms with E-state index in [-0.39, 0.29) is 29.0 Å². The van der Waals surface area contributed by atoms with E-state index in [2.05, 4.69) is 10.3 Å². The average molecular weight is 332 g/mol. The molecule has 0 radical (unpaired) electrons. The molecule has 3 N–H and O–H groups in total. The van der Waals surface area contributed by atoms with Gasteiger partial charge in [0.05, 0.1) is 5.92 Å². The summed E-state index contributed by atoms with van der Waals surface area (Å²) in [5.74, 6) is -1.42. The summed E-state index contributed by atoms with van der Waals surface area (Å²) in [6, 6.07) is 1.70. The second-order valence-electron chi connectivity index (χ2n) is 6.94. The van der Waals surface area contributed by atoms with Crippen LogP contribution in [0.25, 0.3) is 0 Å². The largest absolute Gasteiger partial charge is 0.481 e. The number of aliphatic carboxylic acids is 1. The number of carbonyl (C=O) groups excluding carboxylic acids is 1. The van der Waals surface area contributed by atoms with Gasteiger partial charge in [-0.25, -0.2) is 0 Å². The minimum Gasteiger partial charge on any atom is -0.481 e. The van der Waals surface area contributed by atoms with Gasteiger partial charge in [0, 0.05) is 11.7 Å². The number of amides is 1. The Morgan fingerprint density at radius 1 is 1.08 bits per heavy atom. The summed E-state index contributed by atoms with van der Waals surface area (Å²) in [6.45, 7) is 0. The number of hydrogen-bond donors (Lipinski definition) is 3. The number of fused-ring (bicyclic) bond motifs is 1. The lowest BCUT2D eigenvalue weighted by Crippen LogP contribution is -2.40. The number of carboxylic acid groups (broad SMARTS) is 1. The zero-order valence-electron chi connectivity index (χ0n) is 13.8. The summed E-state index contributed by atoms with van der Waals surface area (Å²) < 4.78 is 0. The van der Waals surface area contributed by atoms with Crippen molar-refractivity contribution in [3.63, 3.8) is 0 Å². The fourth-order valence-electron chi connectivity index (χ4n) is 3.77. The molecule has 0 atom stereocenters. The van der Waals surface area contributed by atoms with Crippen LogP contribution in [0.2, 0.25) is 0 Å². The summed E-state index contributed by atoms with van der Waals surface area (Å²) in [4.78, 5) is 38.6. The smallest absolute Gasteiger partial charge is 0.306 e. The molecule has 1 fully saturated rings. The molecule has 1 amide bonds. The number of carbonyl (C=O) groups is 2. The Bertz CT molecular complexity index is 687. The van der Waals surface area contributed by atoms with E-state index in [9.17, 15) is 14.4 Å². The average Bonchev–Trinajstić information content (AvgIpc) is 2.79. The molecular formula is C18H24N2O4.